The molecule has 0 saturated heterocycles. The Morgan fingerprint density at radius 3 is 1.25 bits per heavy atom. The van der Waals surface area contributed by atoms with Crippen molar-refractivity contribution in [1.29, 1.82) is 0 Å². The van der Waals surface area contributed by atoms with Crippen LogP contribution in [0.4, 0.5) is 0 Å². The van der Waals surface area contributed by atoms with Gasteiger partial charge in [0.2, 0.25) is 0 Å². The summed E-state index contributed by atoms with van der Waals surface area (Å²) in [6, 6.07) is 0. The molecule has 0 aliphatic rings. The summed E-state index contributed by atoms with van der Waals surface area (Å²) in [4.78, 5) is 0. The van der Waals surface area contributed by atoms with E-state index in [4.69, 9.17) is 17.5 Å². The van der Waals surface area contributed by atoms with Crippen molar-refractivity contribution in [3.8, 4) is 0 Å². The summed E-state index contributed by atoms with van der Waals surface area (Å²) in [6.07, 6.45) is 0. The number of rotatable bonds is 0. The Hall–Kier alpha value is 1.10. The van der Waals surface area contributed by atoms with E-state index in [-0.39, 0.29) is 17.1 Å². The van der Waals surface area contributed by atoms with Gasteiger partial charge in [-0.15, -0.1) is 0 Å². The van der Waals surface area contributed by atoms with Crippen LogP contribution in [0.15, 0.2) is 0 Å². The van der Waals surface area contributed by atoms with Gasteiger partial charge in [0, 0.05) is 10.4 Å². The van der Waals surface area contributed by atoms with Gasteiger partial charge >= 0.3 is 41.6 Å². The van der Waals surface area contributed by atoms with Crippen LogP contribution in [0.5, 0.6) is 0 Å². The van der Waals surface area contributed by atoms with Gasteiger partial charge in [0.05, 0.1) is 0 Å². The monoisotopic (exact) mass is 249 g/mol. The summed E-state index contributed by atoms with van der Waals surface area (Å²) < 4.78 is 34.1. The molecular formula is CuNiO4S2. The average molecular weight is 250 g/mol. The van der Waals surface area contributed by atoms with Crippen molar-refractivity contribution in [3.05, 3.63) is 0 Å². The molecule has 0 aromatic carbocycles. The SMILES string of the molecule is O=S(=O)([O-])[O-].[Cu+2].[S]=[Ni]. The quantitative estimate of drug-likeness (QED) is 0.323. The number of hydrogen-bond donors (Lipinski definition) is 0. The van der Waals surface area contributed by atoms with E-state index in [1.165, 1.54) is 0 Å². The predicted molar refractivity (Wildman–Crippen MR) is 18.1 cm³/mol. The van der Waals surface area contributed by atoms with Crippen LogP contribution in [-0.4, -0.2) is 17.5 Å². The molecule has 0 spiro atoms. The van der Waals surface area contributed by atoms with Crippen molar-refractivity contribution in [2.75, 3.05) is 0 Å². The Bertz CT molecular complexity index is 108. The molecule has 1 radical (unpaired) electrons. The molecule has 0 saturated carbocycles. The molecule has 57 valence electrons. The first-order valence-corrected chi connectivity index (χ1v) is 3.60. The first-order chi connectivity index (χ1) is 3.00. The van der Waals surface area contributed by atoms with Crippen molar-refractivity contribution in [3.63, 3.8) is 0 Å². The van der Waals surface area contributed by atoms with Crippen LogP contribution in [-0.2, 0) is 41.3 Å². The summed E-state index contributed by atoms with van der Waals surface area (Å²) in [6.45, 7) is 0. The standard InChI is InChI=1S/Cu.Ni.H2O4S.S/c;;1-5(2,3)4;/h;;(H2,1,2,3,4);/q+2;;;/p-2. The van der Waals surface area contributed by atoms with Gasteiger partial charge in [0.1, 0.15) is 0 Å². The van der Waals surface area contributed by atoms with E-state index in [0.29, 0.717) is 0 Å². The van der Waals surface area contributed by atoms with Crippen molar-refractivity contribution in [2.45, 2.75) is 0 Å². The summed E-state index contributed by atoms with van der Waals surface area (Å²) in [5.41, 5.74) is 0. The van der Waals surface area contributed by atoms with Crippen LogP contribution in [0.1, 0.15) is 0 Å². The predicted octanol–water partition coefficient (Wildman–Crippen LogP) is -0.695. The molecule has 0 N–H and O–H groups in total. The fourth-order valence-corrected chi connectivity index (χ4v) is 0. The van der Waals surface area contributed by atoms with Crippen LogP contribution in [0.2, 0.25) is 0 Å². The number of hydrogen-bond acceptors (Lipinski definition) is 5. The van der Waals surface area contributed by atoms with Crippen molar-refractivity contribution in [1.82, 2.24) is 0 Å². The molecule has 0 fully saturated rings. The van der Waals surface area contributed by atoms with E-state index in [0.717, 1.165) is 0 Å². The van der Waals surface area contributed by atoms with E-state index in [2.05, 4.69) is 24.5 Å². The van der Waals surface area contributed by atoms with E-state index < -0.39 is 10.4 Å². The van der Waals surface area contributed by atoms with E-state index in [1.54, 1.807) is 0 Å². The second-order valence-corrected chi connectivity index (χ2v) is 1.22. The zero-order valence-corrected chi connectivity index (χ0v) is 6.63. The molecule has 8 heavy (non-hydrogen) atoms. The Morgan fingerprint density at radius 1 is 1.25 bits per heavy atom. The van der Waals surface area contributed by atoms with E-state index in [9.17, 15) is 0 Å². The molecule has 0 aromatic heterocycles. The Kier molecular flexibility index (Phi) is 16.3. The van der Waals surface area contributed by atoms with Gasteiger partial charge < -0.3 is 9.11 Å². The van der Waals surface area contributed by atoms with Crippen LogP contribution in [0.25, 0.3) is 0 Å². The van der Waals surface area contributed by atoms with Crippen molar-refractivity contribution >= 4 is 21.1 Å². The molecule has 0 rings (SSSR count). The van der Waals surface area contributed by atoms with Crippen LogP contribution in [0.3, 0.4) is 0 Å². The minimum absolute atomic E-state index is 0. The molecule has 0 aromatic rings. The fraction of sp³-hybridized carbons (Fsp3) is 0. The van der Waals surface area contributed by atoms with Gasteiger partial charge in [-0.05, 0) is 0 Å². The van der Waals surface area contributed by atoms with Gasteiger partial charge in [-0.3, -0.25) is 8.42 Å². The normalized spacial score (nSPS) is 8.00. The molecule has 4 nitrogen and oxygen atoms in total. The summed E-state index contributed by atoms with van der Waals surface area (Å²) in [5, 5.41) is 0. The molecule has 0 heterocycles. The van der Waals surface area contributed by atoms with E-state index >= 15 is 0 Å². The van der Waals surface area contributed by atoms with Crippen molar-refractivity contribution < 1.29 is 48.5 Å². The molecule has 0 atom stereocenters. The Labute approximate surface area is 69.4 Å². The van der Waals surface area contributed by atoms with E-state index in [1.807, 2.05) is 0 Å². The summed E-state index contributed by atoms with van der Waals surface area (Å²) >= 11 is 3.46. The molecule has 0 aliphatic carbocycles. The van der Waals surface area contributed by atoms with Crippen LogP contribution >= 0.6 is 10.7 Å². The first-order valence-electron chi connectivity index (χ1n) is 0.796. The van der Waals surface area contributed by atoms with Crippen LogP contribution in [0, 0.1) is 0 Å². The van der Waals surface area contributed by atoms with Gasteiger partial charge in [-0.1, -0.05) is 0 Å². The molecule has 8 heteroatoms. The third kappa shape index (κ3) is 217. The average Bonchev–Trinajstić information content (AvgIpc) is 1.36. The maximum atomic E-state index is 8.52. The third-order valence-electron chi connectivity index (χ3n) is 0. The second kappa shape index (κ2) is 8.10. The Morgan fingerprint density at radius 2 is 1.25 bits per heavy atom. The Balaban J connectivity index is -0.0000000750. The molecule has 0 bridgehead atoms. The topological polar surface area (TPSA) is 80.3 Å². The van der Waals surface area contributed by atoms with Crippen molar-refractivity contribution in [2.24, 2.45) is 0 Å². The van der Waals surface area contributed by atoms with Gasteiger partial charge in [-0.2, -0.15) is 0 Å². The first kappa shape index (κ1) is 16.0. The summed E-state index contributed by atoms with van der Waals surface area (Å²) in [5.74, 6) is 0. The van der Waals surface area contributed by atoms with Gasteiger partial charge in [-0.25, -0.2) is 0 Å². The molecule has 0 amide bonds. The minimum atomic E-state index is -5.17. The fourth-order valence-electron chi connectivity index (χ4n) is 0. The summed E-state index contributed by atoms with van der Waals surface area (Å²) in [7, 11) is -1.46. The van der Waals surface area contributed by atoms with Gasteiger partial charge in [0.25, 0.3) is 0 Å². The van der Waals surface area contributed by atoms with Gasteiger partial charge in [0.15, 0.2) is 0 Å². The molecule has 0 unspecified atom stereocenters. The zero-order valence-electron chi connectivity index (χ0n) is 3.07. The third-order valence-corrected chi connectivity index (χ3v) is 0. The maximum absolute atomic E-state index is 8.52. The second-order valence-electron chi connectivity index (χ2n) is 0.408. The molecule has 0 aliphatic heterocycles. The molecular weight excluding hydrogens is 250 g/mol. The zero-order chi connectivity index (χ0) is 6.50. The van der Waals surface area contributed by atoms with Crippen LogP contribution < -0.4 is 0 Å².